The Labute approximate surface area is 230 Å². The molecule has 9 heteroatoms. The minimum absolute atomic E-state index is 0.188. The van der Waals surface area contributed by atoms with Crippen LogP contribution in [-0.2, 0) is 19.6 Å². The number of anilines is 1. The van der Waals surface area contributed by atoms with Gasteiger partial charge < -0.3 is 9.69 Å². The Morgan fingerprint density at radius 1 is 0.923 bits per heavy atom. The van der Waals surface area contributed by atoms with Crippen LogP contribution in [0.3, 0.4) is 0 Å². The second kappa shape index (κ2) is 12.5. The molecule has 1 atom stereocenters. The number of amides is 1. The average molecular weight is 549 g/mol. The topological polar surface area (TPSA) is 109 Å². The number of carbonyl (C=O) groups is 2. The molecule has 0 bridgehead atoms. The number of fused-ring (bicyclic) bond motifs is 1. The molecule has 0 aliphatic carbocycles. The van der Waals surface area contributed by atoms with Crippen LogP contribution in [0.2, 0.25) is 0 Å². The molecule has 1 amide bonds. The summed E-state index contributed by atoms with van der Waals surface area (Å²) >= 11 is 0. The van der Waals surface area contributed by atoms with Gasteiger partial charge in [-0.05, 0) is 33.1 Å². The highest BCUT2D eigenvalue weighted by Crippen LogP contribution is 2.38. The first-order chi connectivity index (χ1) is 18.6. The molecule has 1 N–H and O–H groups in total. The van der Waals surface area contributed by atoms with E-state index in [1.807, 2.05) is 11.6 Å². The van der Waals surface area contributed by atoms with Crippen molar-refractivity contribution >= 4 is 28.0 Å². The Morgan fingerprint density at radius 2 is 1.49 bits per heavy atom. The Morgan fingerprint density at radius 3 is 2.05 bits per heavy atom. The number of aryl methyl sites for hydroxylation is 2. The zero-order chi connectivity index (χ0) is 28.0. The monoisotopic (exact) mass is 548 g/mol. The molecule has 0 radical (unpaired) electrons. The Kier molecular flexibility index (Phi) is 9.12. The standard InChI is InChI=1S/C30H36N4O4S/c1-21-9-13-23(14-10-21)27-28(24-15-11-22(2)12-16-24)32-30-29(31-27)25(20-35)17-19-34(30)18-7-5-4-6-8-26(36)33-39(3,37)38/h9-16,20,25H,4-8,17-19H2,1-3H3,(H,33,36). The normalized spacial score (nSPS) is 15.1. The van der Waals surface area contributed by atoms with Crippen molar-refractivity contribution in [3.05, 3.63) is 65.4 Å². The van der Waals surface area contributed by atoms with Gasteiger partial charge in [-0.1, -0.05) is 72.5 Å². The van der Waals surface area contributed by atoms with Gasteiger partial charge in [-0.25, -0.2) is 18.4 Å². The van der Waals surface area contributed by atoms with E-state index in [0.29, 0.717) is 12.8 Å². The maximum atomic E-state index is 12.0. The highest BCUT2D eigenvalue weighted by Gasteiger charge is 2.30. The van der Waals surface area contributed by atoms with Gasteiger partial charge in [-0.15, -0.1) is 0 Å². The van der Waals surface area contributed by atoms with Gasteiger partial charge in [0.1, 0.15) is 6.29 Å². The van der Waals surface area contributed by atoms with Crippen molar-refractivity contribution in [1.29, 1.82) is 0 Å². The fraction of sp³-hybridized carbons (Fsp3) is 0.400. The zero-order valence-corrected chi connectivity index (χ0v) is 23.6. The van der Waals surface area contributed by atoms with Crippen molar-refractivity contribution in [2.24, 2.45) is 0 Å². The lowest BCUT2D eigenvalue weighted by Gasteiger charge is -2.33. The molecule has 39 heavy (non-hydrogen) atoms. The zero-order valence-electron chi connectivity index (χ0n) is 22.8. The molecule has 4 rings (SSSR count). The van der Waals surface area contributed by atoms with Crippen molar-refractivity contribution in [3.63, 3.8) is 0 Å². The summed E-state index contributed by atoms with van der Waals surface area (Å²) in [5.74, 6) is -0.00339. The minimum Gasteiger partial charge on any atom is -0.355 e. The van der Waals surface area contributed by atoms with E-state index >= 15 is 0 Å². The highest BCUT2D eigenvalue weighted by atomic mass is 32.2. The summed E-state index contributed by atoms with van der Waals surface area (Å²) in [5.41, 5.74) is 6.57. The maximum Gasteiger partial charge on any atom is 0.233 e. The van der Waals surface area contributed by atoms with Gasteiger partial charge in [0.15, 0.2) is 5.82 Å². The predicted molar refractivity (Wildman–Crippen MR) is 154 cm³/mol. The molecule has 0 spiro atoms. The molecule has 2 aromatic carbocycles. The van der Waals surface area contributed by atoms with Crippen LogP contribution in [0.5, 0.6) is 0 Å². The number of rotatable bonds is 11. The number of aromatic nitrogens is 2. The third kappa shape index (κ3) is 7.50. The second-order valence-corrected chi connectivity index (χ2v) is 12.1. The number of nitrogens with one attached hydrogen (secondary N) is 1. The number of carbonyl (C=O) groups excluding carboxylic acids is 2. The first-order valence-electron chi connectivity index (χ1n) is 13.4. The molecule has 1 aromatic heterocycles. The van der Waals surface area contributed by atoms with Crippen molar-refractivity contribution in [2.45, 2.75) is 58.3 Å². The van der Waals surface area contributed by atoms with E-state index in [9.17, 15) is 18.0 Å². The Bertz CT molecular complexity index is 1420. The number of aldehydes is 1. The summed E-state index contributed by atoms with van der Waals surface area (Å²) in [4.78, 5) is 36.2. The van der Waals surface area contributed by atoms with E-state index in [1.165, 1.54) is 0 Å². The van der Waals surface area contributed by atoms with E-state index in [1.54, 1.807) is 0 Å². The Balaban J connectivity index is 1.55. The number of hydrogen-bond acceptors (Lipinski definition) is 7. The lowest BCUT2D eigenvalue weighted by molar-refractivity contribution is -0.119. The Hall–Kier alpha value is -3.59. The molecule has 1 aliphatic rings. The number of unbranched alkanes of at least 4 members (excludes halogenated alkanes) is 3. The predicted octanol–water partition coefficient (Wildman–Crippen LogP) is 4.95. The SMILES string of the molecule is Cc1ccc(-c2nc3c(nc2-c2ccc(C)cc2)N(CCCCCCC(=O)NS(C)(=O)=O)CCC3C=O)cc1. The number of hydrogen-bond donors (Lipinski definition) is 1. The van der Waals surface area contributed by atoms with E-state index < -0.39 is 15.9 Å². The summed E-state index contributed by atoms with van der Waals surface area (Å²) in [6, 6.07) is 16.5. The fourth-order valence-electron chi connectivity index (χ4n) is 4.83. The number of nitrogens with zero attached hydrogens (tertiary/aromatic N) is 3. The molecule has 206 valence electrons. The molecular formula is C30H36N4O4S. The molecule has 2 heterocycles. The van der Waals surface area contributed by atoms with Crippen molar-refractivity contribution in [1.82, 2.24) is 14.7 Å². The lowest BCUT2D eigenvalue weighted by Crippen LogP contribution is -2.34. The van der Waals surface area contributed by atoms with Gasteiger partial charge >= 0.3 is 0 Å². The van der Waals surface area contributed by atoms with Gasteiger partial charge in [-0.3, -0.25) is 9.52 Å². The summed E-state index contributed by atoms with van der Waals surface area (Å²) in [5, 5.41) is 0. The van der Waals surface area contributed by atoms with Crippen molar-refractivity contribution in [3.8, 4) is 22.5 Å². The molecule has 1 unspecified atom stereocenters. The highest BCUT2D eigenvalue weighted by molar-refractivity contribution is 7.89. The quantitative estimate of drug-likeness (QED) is 0.267. The van der Waals surface area contributed by atoms with Crippen LogP contribution in [0.15, 0.2) is 48.5 Å². The van der Waals surface area contributed by atoms with Gasteiger partial charge in [0.2, 0.25) is 15.9 Å². The van der Waals surface area contributed by atoms with Crippen LogP contribution >= 0.6 is 0 Å². The summed E-state index contributed by atoms with van der Waals surface area (Å²) < 4.78 is 24.3. The van der Waals surface area contributed by atoms with E-state index in [-0.39, 0.29) is 12.3 Å². The first-order valence-corrected chi connectivity index (χ1v) is 15.3. The van der Waals surface area contributed by atoms with Crippen LogP contribution in [0.25, 0.3) is 22.5 Å². The van der Waals surface area contributed by atoms with E-state index in [0.717, 1.165) is 90.0 Å². The third-order valence-electron chi connectivity index (χ3n) is 6.96. The van der Waals surface area contributed by atoms with Crippen LogP contribution < -0.4 is 9.62 Å². The van der Waals surface area contributed by atoms with Crippen LogP contribution in [0.1, 0.15) is 61.3 Å². The maximum absolute atomic E-state index is 12.0. The van der Waals surface area contributed by atoms with Crippen LogP contribution in [0, 0.1) is 13.8 Å². The molecule has 0 fully saturated rings. The van der Waals surface area contributed by atoms with Crippen molar-refractivity contribution < 1.29 is 18.0 Å². The average Bonchev–Trinajstić information content (AvgIpc) is 2.90. The van der Waals surface area contributed by atoms with Gasteiger partial charge in [-0.2, -0.15) is 0 Å². The number of sulfonamides is 1. The molecule has 0 saturated heterocycles. The fourth-order valence-corrected chi connectivity index (χ4v) is 5.35. The lowest BCUT2D eigenvalue weighted by atomic mass is 9.95. The molecular weight excluding hydrogens is 512 g/mol. The third-order valence-corrected chi connectivity index (χ3v) is 7.56. The molecule has 8 nitrogen and oxygen atoms in total. The number of benzene rings is 2. The molecule has 1 aliphatic heterocycles. The van der Waals surface area contributed by atoms with Gasteiger partial charge in [0.05, 0.1) is 29.3 Å². The largest absolute Gasteiger partial charge is 0.355 e. The van der Waals surface area contributed by atoms with Gasteiger partial charge in [0, 0.05) is 30.6 Å². The minimum atomic E-state index is -3.51. The van der Waals surface area contributed by atoms with Crippen molar-refractivity contribution in [2.75, 3.05) is 24.2 Å². The smallest absolute Gasteiger partial charge is 0.233 e. The molecule has 0 saturated carbocycles. The van der Waals surface area contributed by atoms with E-state index in [4.69, 9.17) is 9.97 Å². The van der Waals surface area contributed by atoms with Gasteiger partial charge in [0.25, 0.3) is 0 Å². The molecule has 3 aromatic rings. The van der Waals surface area contributed by atoms with E-state index in [2.05, 4.69) is 60.4 Å². The van der Waals surface area contributed by atoms with Crippen LogP contribution in [-0.4, -0.2) is 49.9 Å². The second-order valence-electron chi connectivity index (χ2n) is 10.3. The summed E-state index contributed by atoms with van der Waals surface area (Å²) in [6.45, 7) is 5.59. The first kappa shape index (κ1) is 28.4. The summed E-state index contributed by atoms with van der Waals surface area (Å²) in [6.07, 6.45) is 6.07. The summed E-state index contributed by atoms with van der Waals surface area (Å²) in [7, 11) is -3.51. The van der Waals surface area contributed by atoms with Crippen LogP contribution in [0.4, 0.5) is 5.82 Å².